The first-order valence-corrected chi connectivity index (χ1v) is 13.2. The molecule has 1 heteroatoms. The zero-order valence-corrected chi connectivity index (χ0v) is 21.4. The number of carbonyl (C=O) groups is 1. The Morgan fingerprint density at radius 2 is 1.65 bits per heavy atom. The summed E-state index contributed by atoms with van der Waals surface area (Å²) in [5.41, 5.74) is 3.85. The summed E-state index contributed by atoms with van der Waals surface area (Å²) in [6.45, 7) is 21.8. The van der Waals surface area contributed by atoms with Gasteiger partial charge in [0.1, 0.15) is 5.78 Å². The Hall–Kier alpha value is -0.850. The predicted molar refractivity (Wildman–Crippen MR) is 130 cm³/mol. The fraction of sp³-hybridized carbons (Fsp3) is 0.833. The second-order valence-corrected chi connectivity index (χ2v) is 14.1. The summed E-state index contributed by atoms with van der Waals surface area (Å²) in [7, 11) is 0. The lowest BCUT2D eigenvalue weighted by Crippen LogP contribution is -2.66. The molecule has 0 saturated heterocycles. The van der Waals surface area contributed by atoms with Gasteiger partial charge in [-0.15, -0.1) is 0 Å². The first-order chi connectivity index (χ1) is 14.3. The van der Waals surface area contributed by atoms with Gasteiger partial charge in [-0.2, -0.15) is 0 Å². The Labute approximate surface area is 191 Å². The Morgan fingerprint density at radius 1 is 0.935 bits per heavy atom. The highest BCUT2D eigenvalue weighted by molar-refractivity contribution is 5.88. The standard InChI is InChI=1S/C30H46O/c1-19-12-15-27(5)16-17-29(7)21(25(27)20(19)2)10-11-22-28(6)14-9-13-26(3,4)23(28)18-24(31)30(22,29)8/h10,20,22-23,25H,1,9,11-18H2,2-8H3/t20-,22+,23-,25-,27+,28+,29+,30-/m0/s1. The number of hydrogen-bond acceptors (Lipinski definition) is 1. The molecule has 4 saturated carbocycles. The van der Waals surface area contributed by atoms with E-state index in [-0.39, 0.29) is 21.7 Å². The Morgan fingerprint density at radius 3 is 2.35 bits per heavy atom. The molecule has 1 nitrogen and oxygen atoms in total. The van der Waals surface area contributed by atoms with Crippen LogP contribution in [0.5, 0.6) is 0 Å². The number of hydrogen-bond donors (Lipinski definition) is 0. The van der Waals surface area contributed by atoms with Crippen molar-refractivity contribution in [2.45, 2.75) is 106 Å². The van der Waals surface area contributed by atoms with Gasteiger partial charge in [0.25, 0.3) is 0 Å². The number of rotatable bonds is 0. The highest BCUT2D eigenvalue weighted by Crippen LogP contribution is 2.74. The minimum Gasteiger partial charge on any atom is -0.299 e. The molecular weight excluding hydrogens is 376 g/mol. The SMILES string of the molecule is C=C1CC[C@]2(C)CC[C@]3(C)C(=CC[C@@H]4[C@@]5(C)CCCC(C)(C)[C@@H]5CC(=O)[C@]43C)[C@@H]2[C@H]1C. The number of allylic oxidation sites excluding steroid dienone is 3. The molecule has 0 spiro atoms. The van der Waals surface area contributed by atoms with Crippen molar-refractivity contribution in [1.29, 1.82) is 0 Å². The second kappa shape index (κ2) is 6.38. The third kappa shape index (κ3) is 2.53. The summed E-state index contributed by atoms with van der Waals surface area (Å²) in [6, 6.07) is 0. The lowest BCUT2D eigenvalue weighted by molar-refractivity contribution is -0.187. The van der Waals surface area contributed by atoms with Crippen molar-refractivity contribution in [3.05, 3.63) is 23.8 Å². The van der Waals surface area contributed by atoms with Crippen LogP contribution < -0.4 is 0 Å². The molecule has 0 aromatic carbocycles. The fourth-order valence-corrected chi connectivity index (χ4v) is 10.3. The van der Waals surface area contributed by atoms with Crippen LogP contribution in [0.1, 0.15) is 106 Å². The van der Waals surface area contributed by atoms with Gasteiger partial charge in [0.05, 0.1) is 0 Å². The zero-order chi connectivity index (χ0) is 22.6. The molecule has 0 radical (unpaired) electrons. The van der Waals surface area contributed by atoms with Crippen molar-refractivity contribution < 1.29 is 4.79 Å². The maximum atomic E-state index is 14.2. The van der Waals surface area contributed by atoms with Gasteiger partial charge < -0.3 is 0 Å². The smallest absolute Gasteiger partial charge is 0.140 e. The van der Waals surface area contributed by atoms with Crippen molar-refractivity contribution >= 4 is 5.78 Å². The molecule has 0 unspecified atom stereocenters. The lowest BCUT2D eigenvalue weighted by Gasteiger charge is -2.70. The van der Waals surface area contributed by atoms with E-state index in [1.807, 2.05) is 0 Å². The van der Waals surface area contributed by atoms with Gasteiger partial charge in [-0.1, -0.05) is 78.7 Å². The van der Waals surface area contributed by atoms with Crippen molar-refractivity contribution in [3.8, 4) is 0 Å². The fourth-order valence-electron chi connectivity index (χ4n) is 10.3. The van der Waals surface area contributed by atoms with Crippen LogP contribution in [0.25, 0.3) is 0 Å². The monoisotopic (exact) mass is 422 g/mol. The number of fused-ring (bicyclic) bond motifs is 7. The maximum Gasteiger partial charge on any atom is 0.140 e. The second-order valence-electron chi connectivity index (χ2n) is 14.1. The number of Topliss-reactive ketones (excluding diaryl/α,β-unsaturated/α-hetero) is 1. The quantitative estimate of drug-likeness (QED) is 0.360. The van der Waals surface area contributed by atoms with E-state index in [2.05, 4.69) is 61.1 Å². The third-order valence-corrected chi connectivity index (χ3v) is 12.5. The predicted octanol–water partition coefficient (Wildman–Crippen LogP) is 8.15. The van der Waals surface area contributed by atoms with Crippen molar-refractivity contribution in [1.82, 2.24) is 0 Å². The van der Waals surface area contributed by atoms with Gasteiger partial charge in [0, 0.05) is 17.3 Å². The van der Waals surface area contributed by atoms with Crippen LogP contribution in [0.2, 0.25) is 0 Å². The molecule has 8 atom stereocenters. The van der Waals surface area contributed by atoms with Crippen molar-refractivity contribution in [2.75, 3.05) is 0 Å². The van der Waals surface area contributed by atoms with Crippen LogP contribution >= 0.6 is 0 Å². The minimum atomic E-state index is -0.213. The third-order valence-electron chi connectivity index (χ3n) is 12.5. The van der Waals surface area contributed by atoms with E-state index in [1.165, 1.54) is 50.5 Å². The summed E-state index contributed by atoms with van der Waals surface area (Å²) in [4.78, 5) is 14.2. The summed E-state index contributed by atoms with van der Waals surface area (Å²) in [6.07, 6.45) is 13.4. The van der Waals surface area contributed by atoms with E-state index in [9.17, 15) is 4.79 Å². The Kier molecular flexibility index (Phi) is 4.52. The van der Waals surface area contributed by atoms with Crippen molar-refractivity contribution in [3.63, 3.8) is 0 Å². The molecule has 5 aliphatic carbocycles. The average Bonchev–Trinajstić information content (AvgIpc) is 2.68. The minimum absolute atomic E-state index is 0.0125. The van der Waals surface area contributed by atoms with Crippen LogP contribution in [0.15, 0.2) is 23.8 Å². The highest BCUT2D eigenvalue weighted by atomic mass is 16.1. The molecule has 31 heavy (non-hydrogen) atoms. The van der Waals surface area contributed by atoms with E-state index < -0.39 is 0 Å². The lowest BCUT2D eigenvalue weighted by atomic mass is 9.33. The molecule has 0 aromatic heterocycles. The molecule has 0 heterocycles. The van der Waals surface area contributed by atoms with E-state index in [0.717, 1.165) is 12.8 Å². The maximum absolute atomic E-state index is 14.2. The van der Waals surface area contributed by atoms with E-state index in [0.29, 0.717) is 34.9 Å². The van der Waals surface area contributed by atoms with Crippen LogP contribution in [-0.2, 0) is 4.79 Å². The van der Waals surface area contributed by atoms with E-state index >= 15 is 0 Å². The number of carbonyl (C=O) groups excluding carboxylic acids is 1. The number of ketones is 1. The molecule has 0 aromatic rings. The summed E-state index contributed by atoms with van der Waals surface area (Å²) < 4.78 is 0. The molecule has 0 aliphatic heterocycles. The molecular formula is C30H46O. The van der Waals surface area contributed by atoms with Gasteiger partial charge in [0.15, 0.2) is 0 Å². The zero-order valence-electron chi connectivity index (χ0n) is 21.4. The van der Waals surface area contributed by atoms with Crippen LogP contribution in [0.4, 0.5) is 0 Å². The van der Waals surface area contributed by atoms with Crippen LogP contribution in [0.3, 0.4) is 0 Å². The molecule has 5 aliphatic rings. The first kappa shape index (κ1) is 22.0. The summed E-state index contributed by atoms with van der Waals surface area (Å²) in [5.74, 6) is 2.74. The van der Waals surface area contributed by atoms with E-state index in [1.54, 1.807) is 5.57 Å². The largest absolute Gasteiger partial charge is 0.299 e. The van der Waals surface area contributed by atoms with Crippen molar-refractivity contribution in [2.24, 2.45) is 50.7 Å². The van der Waals surface area contributed by atoms with Crippen LogP contribution in [0, 0.1) is 50.7 Å². The molecule has 5 rings (SSSR count). The van der Waals surface area contributed by atoms with Gasteiger partial charge >= 0.3 is 0 Å². The normalized spacial score (nSPS) is 53.6. The molecule has 0 amide bonds. The Balaban J connectivity index is 1.65. The average molecular weight is 423 g/mol. The highest BCUT2D eigenvalue weighted by Gasteiger charge is 2.70. The van der Waals surface area contributed by atoms with Gasteiger partial charge in [-0.05, 0) is 84.9 Å². The molecule has 0 bridgehead atoms. The van der Waals surface area contributed by atoms with Gasteiger partial charge in [0.2, 0.25) is 0 Å². The topological polar surface area (TPSA) is 17.1 Å². The van der Waals surface area contributed by atoms with Gasteiger partial charge in [-0.25, -0.2) is 0 Å². The van der Waals surface area contributed by atoms with Crippen LogP contribution in [-0.4, -0.2) is 5.78 Å². The first-order valence-electron chi connectivity index (χ1n) is 13.2. The van der Waals surface area contributed by atoms with Gasteiger partial charge in [-0.3, -0.25) is 4.79 Å². The van der Waals surface area contributed by atoms with E-state index in [4.69, 9.17) is 0 Å². The molecule has 0 N–H and O–H groups in total. The molecule has 4 fully saturated rings. The Bertz CT molecular complexity index is 862. The molecule has 172 valence electrons. The summed E-state index contributed by atoms with van der Waals surface area (Å²) in [5, 5.41) is 0. The summed E-state index contributed by atoms with van der Waals surface area (Å²) >= 11 is 0.